The molecule has 0 aliphatic carbocycles. The van der Waals surface area contributed by atoms with E-state index in [1.54, 1.807) is 11.3 Å². The third kappa shape index (κ3) is 2.46. The second-order valence-electron chi connectivity index (χ2n) is 6.93. The zero-order valence-electron chi connectivity index (χ0n) is 13.8. The number of amides is 1. The Balaban J connectivity index is 1.53. The molecule has 3 atom stereocenters. The topological polar surface area (TPSA) is 45.2 Å². The van der Waals surface area contributed by atoms with Crippen LogP contribution in [0.5, 0.6) is 0 Å². The number of hydrogen-bond donors (Lipinski definition) is 1. The van der Waals surface area contributed by atoms with Crippen molar-refractivity contribution in [3.05, 3.63) is 65.2 Å². The summed E-state index contributed by atoms with van der Waals surface area (Å²) in [6, 6.07) is 16.5. The lowest BCUT2D eigenvalue weighted by Gasteiger charge is -2.28. The molecule has 2 aliphatic rings. The van der Waals surface area contributed by atoms with Crippen molar-refractivity contribution in [1.82, 2.24) is 15.2 Å². The van der Waals surface area contributed by atoms with Gasteiger partial charge in [0.15, 0.2) is 0 Å². The van der Waals surface area contributed by atoms with E-state index in [-0.39, 0.29) is 11.9 Å². The highest BCUT2D eigenvalue weighted by Gasteiger charge is 2.46. The molecule has 126 valence electrons. The monoisotopic (exact) mass is 349 g/mol. The molecule has 5 rings (SSSR count). The molecule has 2 aliphatic heterocycles. The van der Waals surface area contributed by atoms with Crippen LogP contribution in [0, 0.1) is 11.8 Å². The number of hydrogen-bond acceptors (Lipinski definition) is 4. The van der Waals surface area contributed by atoms with E-state index in [1.165, 1.54) is 5.56 Å². The van der Waals surface area contributed by atoms with Crippen LogP contribution in [-0.4, -0.2) is 35.4 Å². The lowest BCUT2D eigenvalue weighted by Crippen LogP contribution is -2.34. The van der Waals surface area contributed by atoms with Gasteiger partial charge in [-0.2, -0.15) is 0 Å². The molecule has 0 unspecified atom stereocenters. The van der Waals surface area contributed by atoms with Crippen molar-refractivity contribution in [3.63, 3.8) is 0 Å². The number of thiazole rings is 1. The summed E-state index contributed by atoms with van der Waals surface area (Å²) in [5.74, 6) is 1.16. The van der Waals surface area contributed by atoms with Crippen LogP contribution in [0.25, 0.3) is 10.2 Å². The van der Waals surface area contributed by atoms with Gasteiger partial charge in [-0.15, -0.1) is 11.3 Å². The maximum absolute atomic E-state index is 13.3. The highest BCUT2D eigenvalue weighted by Crippen LogP contribution is 2.43. The highest BCUT2D eigenvalue weighted by atomic mass is 32.1. The Labute approximate surface area is 150 Å². The zero-order valence-corrected chi connectivity index (χ0v) is 14.6. The predicted octanol–water partition coefficient (Wildman–Crippen LogP) is 3.33. The van der Waals surface area contributed by atoms with E-state index in [1.807, 2.05) is 29.8 Å². The van der Waals surface area contributed by atoms with Crippen LogP contribution in [0.3, 0.4) is 0 Å². The number of likely N-dealkylation sites (tertiary alicyclic amines) is 1. The number of rotatable bonds is 2. The van der Waals surface area contributed by atoms with E-state index < -0.39 is 0 Å². The summed E-state index contributed by atoms with van der Waals surface area (Å²) in [5.41, 5.74) is 4.72. The first-order valence-corrected chi connectivity index (χ1v) is 9.59. The minimum atomic E-state index is 0.123. The van der Waals surface area contributed by atoms with E-state index in [2.05, 4.69) is 39.5 Å². The zero-order chi connectivity index (χ0) is 16.8. The molecule has 2 fully saturated rings. The van der Waals surface area contributed by atoms with E-state index in [0.717, 1.165) is 35.4 Å². The minimum Gasteiger partial charge on any atom is -0.331 e. The summed E-state index contributed by atoms with van der Waals surface area (Å²) in [6.07, 6.45) is 0. The van der Waals surface area contributed by atoms with Gasteiger partial charge < -0.3 is 10.2 Å². The van der Waals surface area contributed by atoms with Gasteiger partial charge in [0.2, 0.25) is 0 Å². The van der Waals surface area contributed by atoms with Gasteiger partial charge in [0.25, 0.3) is 5.91 Å². The first-order chi connectivity index (χ1) is 12.3. The number of nitrogens with one attached hydrogen (secondary N) is 1. The summed E-state index contributed by atoms with van der Waals surface area (Å²) in [7, 11) is 0. The van der Waals surface area contributed by atoms with Crippen LogP contribution in [0.15, 0.2) is 54.0 Å². The molecule has 0 radical (unpaired) electrons. The molecule has 0 saturated carbocycles. The van der Waals surface area contributed by atoms with Crippen molar-refractivity contribution >= 4 is 27.5 Å². The summed E-state index contributed by atoms with van der Waals surface area (Å²) < 4.78 is 1.12. The highest BCUT2D eigenvalue weighted by molar-refractivity contribution is 7.16. The van der Waals surface area contributed by atoms with Gasteiger partial charge in [0, 0.05) is 31.1 Å². The third-order valence-electron chi connectivity index (χ3n) is 5.54. The molecular weight excluding hydrogens is 330 g/mol. The normalized spacial score (nSPS) is 25.4. The van der Waals surface area contributed by atoms with Crippen molar-refractivity contribution in [1.29, 1.82) is 0 Å². The maximum Gasteiger partial charge on any atom is 0.254 e. The van der Waals surface area contributed by atoms with E-state index in [4.69, 9.17) is 0 Å². The first kappa shape index (κ1) is 15.0. The molecule has 5 heteroatoms. The standard InChI is InChI=1S/C20H19N3OS/c24-20(14-6-7-18-17(8-14)22-12-25-18)23-11-15-9-21-10-16(15)19(23)13-4-2-1-3-5-13/h1-8,12,15-16,19,21H,9-11H2/t15-,16-,19+/m0/s1. The lowest BCUT2D eigenvalue weighted by atomic mass is 9.89. The molecule has 25 heavy (non-hydrogen) atoms. The van der Waals surface area contributed by atoms with Crippen molar-refractivity contribution in [3.8, 4) is 0 Å². The molecule has 4 nitrogen and oxygen atoms in total. The summed E-state index contributed by atoms with van der Waals surface area (Å²) in [6.45, 7) is 2.81. The second kappa shape index (κ2) is 5.93. The van der Waals surface area contributed by atoms with Crippen molar-refractivity contribution in [2.24, 2.45) is 11.8 Å². The number of carbonyl (C=O) groups is 1. The Kier molecular flexibility index (Phi) is 3.57. The van der Waals surface area contributed by atoms with Crippen LogP contribution in [0.1, 0.15) is 22.0 Å². The molecule has 2 aromatic carbocycles. The van der Waals surface area contributed by atoms with E-state index in [0.29, 0.717) is 11.8 Å². The Morgan fingerprint density at radius 2 is 2.04 bits per heavy atom. The fourth-order valence-electron chi connectivity index (χ4n) is 4.36. The number of nitrogens with zero attached hydrogens (tertiary/aromatic N) is 2. The number of benzene rings is 2. The SMILES string of the molecule is O=C(c1ccc2scnc2c1)N1C[C@@H]2CNC[C@@H]2[C@H]1c1ccccc1. The molecule has 3 aromatic rings. The van der Waals surface area contributed by atoms with Gasteiger partial charge in [0.05, 0.1) is 21.8 Å². The molecule has 0 bridgehead atoms. The van der Waals surface area contributed by atoms with Gasteiger partial charge >= 0.3 is 0 Å². The fraction of sp³-hybridized carbons (Fsp3) is 0.300. The van der Waals surface area contributed by atoms with Crippen LogP contribution < -0.4 is 5.32 Å². The summed E-state index contributed by atoms with van der Waals surface area (Å²) >= 11 is 1.61. The van der Waals surface area contributed by atoms with Crippen LogP contribution >= 0.6 is 11.3 Å². The Morgan fingerprint density at radius 1 is 1.16 bits per heavy atom. The van der Waals surface area contributed by atoms with Crippen LogP contribution in [0.2, 0.25) is 0 Å². The number of carbonyl (C=O) groups excluding carboxylic acids is 1. The van der Waals surface area contributed by atoms with Gasteiger partial charge in [-0.3, -0.25) is 4.79 Å². The van der Waals surface area contributed by atoms with Gasteiger partial charge in [-0.25, -0.2) is 4.98 Å². The summed E-state index contributed by atoms with van der Waals surface area (Å²) in [5, 5.41) is 3.50. The molecular formula is C20H19N3OS. The molecule has 0 spiro atoms. The number of aromatic nitrogens is 1. The quantitative estimate of drug-likeness (QED) is 0.772. The Morgan fingerprint density at radius 3 is 2.92 bits per heavy atom. The molecule has 3 heterocycles. The molecule has 1 N–H and O–H groups in total. The molecule has 1 amide bonds. The van der Waals surface area contributed by atoms with Gasteiger partial charge in [-0.1, -0.05) is 30.3 Å². The average Bonchev–Trinajstić information content (AvgIpc) is 3.36. The number of fused-ring (bicyclic) bond motifs is 2. The van der Waals surface area contributed by atoms with Crippen LogP contribution in [-0.2, 0) is 0 Å². The van der Waals surface area contributed by atoms with E-state index >= 15 is 0 Å². The molecule has 1 aromatic heterocycles. The van der Waals surface area contributed by atoms with Gasteiger partial charge in [-0.05, 0) is 29.7 Å². The lowest BCUT2D eigenvalue weighted by molar-refractivity contribution is 0.0714. The van der Waals surface area contributed by atoms with Crippen molar-refractivity contribution in [2.45, 2.75) is 6.04 Å². The Hall–Kier alpha value is -2.24. The van der Waals surface area contributed by atoms with E-state index in [9.17, 15) is 4.79 Å². The fourth-order valence-corrected chi connectivity index (χ4v) is 5.02. The third-order valence-corrected chi connectivity index (χ3v) is 6.35. The van der Waals surface area contributed by atoms with Crippen LogP contribution in [0.4, 0.5) is 0 Å². The predicted molar refractivity (Wildman–Crippen MR) is 99.7 cm³/mol. The summed E-state index contributed by atoms with van der Waals surface area (Å²) in [4.78, 5) is 19.8. The van der Waals surface area contributed by atoms with Gasteiger partial charge in [0.1, 0.15) is 0 Å². The van der Waals surface area contributed by atoms with Crippen molar-refractivity contribution < 1.29 is 4.79 Å². The second-order valence-corrected chi connectivity index (χ2v) is 7.82. The smallest absolute Gasteiger partial charge is 0.254 e. The largest absolute Gasteiger partial charge is 0.331 e. The first-order valence-electron chi connectivity index (χ1n) is 8.71. The van der Waals surface area contributed by atoms with Crippen molar-refractivity contribution in [2.75, 3.05) is 19.6 Å². The average molecular weight is 349 g/mol. The minimum absolute atomic E-state index is 0.123. The Bertz CT molecular complexity index is 923. The maximum atomic E-state index is 13.3. The molecule has 2 saturated heterocycles.